The molecule has 0 aliphatic rings. The molecule has 0 radical (unpaired) electrons. The average molecular weight is 159 g/mol. The fourth-order valence-corrected chi connectivity index (χ4v) is 1.22. The zero-order valence-electron chi connectivity index (χ0n) is 7.76. The highest BCUT2D eigenvalue weighted by atomic mass is 14.6. The minimum Gasteiger partial charge on any atom is -0.264 e. The topological polar surface area (TPSA) is 12.9 Å². The summed E-state index contributed by atoms with van der Waals surface area (Å²) in [4.78, 5) is 4.08. The summed E-state index contributed by atoms with van der Waals surface area (Å²) in [6, 6.07) is 2.02. The van der Waals surface area contributed by atoms with Gasteiger partial charge in [-0.2, -0.15) is 0 Å². The highest BCUT2D eigenvalue weighted by Gasteiger charge is 2.03. The van der Waals surface area contributed by atoms with E-state index in [1.165, 1.54) is 11.1 Å². The largest absolute Gasteiger partial charge is 0.264 e. The molecule has 1 aromatic heterocycles. The fraction of sp³-hybridized carbons (Fsp3) is 0.364. The minimum atomic E-state index is 0.295. The molecule has 1 heterocycles. The van der Waals surface area contributed by atoms with Crippen molar-refractivity contribution in [1.82, 2.24) is 4.98 Å². The molecule has 0 saturated carbocycles. The van der Waals surface area contributed by atoms with Gasteiger partial charge < -0.3 is 0 Å². The summed E-state index contributed by atoms with van der Waals surface area (Å²) in [6.07, 6.45) is 3.70. The van der Waals surface area contributed by atoms with E-state index in [0.717, 1.165) is 0 Å². The molecule has 1 heteroatoms. The molecule has 0 aliphatic heterocycles. The van der Waals surface area contributed by atoms with Crippen molar-refractivity contribution < 1.29 is 0 Å². The van der Waals surface area contributed by atoms with Crippen LogP contribution in [0.4, 0.5) is 0 Å². The minimum absolute atomic E-state index is 0.295. The molecule has 0 spiro atoms. The van der Waals surface area contributed by atoms with Crippen molar-refractivity contribution in [1.29, 1.82) is 0 Å². The highest BCUT2D eigenvalue weighted by Crippen LogP contribution is 2.16. The normalized spacial score (nSPS) is 11.6. The Morgan fingerprint density at radius 1 is 1.50 bits per heavy atom. The van der Waals surface area contributed by atoms with Gasteiger partial charge in [0.1, 0.15) is 0 Å². The monoisotopic (exact) mass is 159 g/mol. The maximum atomic E-state index is 4.08. The molecule has 0 aromatic carbocycles. The predicted octanol–water partition coefficient (Wildman–Crippen LogP) is 2.52. The second-order valence-electron chi connectivity index (χ2n) is 2.85. The lowest BCUT2D eigenvalue weighted by Gasteiger charge is -2.06. The van der Waals surface area contributed by atoms with Crippen LogP contribution in [-0.2, 0) is 0 Å². The Balaban J connectivity index is 2.99. The number of hydrogen-bond donors (Lipinski definition) is 0. The van der Waals surface area contributed by atoms with Crippen LogP contribution in [0, 0.1) is 18.8 Å². The van der Waals surface area contributed by atoms with Crippen LogP contribution in [0.5, 0.6) is 0 Å². The SMILES string of the molecule is CC#CC(C)c1cnccc1C. The third-order valence-corrected chi connectivity index (χ3v) is 1.91. The maximum absolute atomic E-state index is 4.08. The Morgan fingerprint density at radius 3 is 2.83 bits per heavy atom. The van der Waals surface area contributed by atoms with Gasteiger partial charge in [-0.15, -0.1) is 5.92 Å². The highest BCUT2D eigenvalue weighted by molar-refractivity contribution is 5.30. The van der Waals surface area contributed by atoms with E-state index in [0.29, 0.717) is 5.92 Å². The molecule has 1 nitrogen and oxygen atoms in total. The van der Waals surface area contributed by atoms with Gasteiger partial charge in [-0.3, -0.25) is 4.98 Å². The van der Waals surface area contributed by atoms with Crippen LogP contribution in [0.2, 0.25) is 0 Å². The quantitative estimate of drug-likeness (QED) is 0.574. The van der Waals surface area contributed by atoms with Crippen LogP contribution in [0.3, 0.4) is 0 Å². The second-order valence-corrected chi connectivity index (χ2v) is 2.85. The van der Waals surface area contributed by atoms with E-state index in [4.69, 9.17) is 0 Å². The Bertz CT molecular complexity index is 317. The van der Waals surface area contributed by atoms with Crippen molar-refractivity contribution in [3.8, 4) is 11.8 Å². The Kier molecular flexibility index (Phi) is 2.88. The number of nitrogens with zero attached hydrogens (tertiary/aromatic N) is 1. The van der Waals surface area contributed by atoms with Crippen molar-refractivity contribution in [3.63, 3.8) is 0 Å². The van der Waals surface area contributed by atoms with Gasteiger partial charge in [0.25, 0.3) is 0 Å². The van der Waals surface area contributed by atoms with Crippen molar-refractivity contribution in [2.45, 2.75) is 26.7 Å². The first-order chi connectivity index (χ1) is 5.75. The fourth-order valence-electron chi connectivity index (χ4n) is 1.22. The summed E-state index contributed by atoms with van der Waals surface area (Å²) >= 11 is 0. The number of pyridine rings is 1. The van der Waals surface area contributed by atoms with Gasteiger partial charge in [-0.1, -0.05) is 5.92 Å². The van der Waals surface area contributed by atoms with Gasteiger partial charge >= 0.3 is 0 Å². The zero-order chi connectivity index (χ0) is 8.97. The van der Waals surface area contributed by atoms with Crippen LogP contribution in [0.25, 0.3) is 0 Å². The van der Waals surface area contributed by atoms with Gasteiger partial charge in [0.05, 0.1) is 0 Å². The molecular weight excluding hydrogens is 146 g/mol. The summed E-state index contributed by atoms with van der Waals surface area (Å²) < 4.78 is 0. The predicted molar refractivity (Wildman–Crippen MR) is 50.8 cm³/mol. The van der Waals surface area contributed by atoms with E-state index < -0.39 is 0 Å². The van der Waals surface area contributed by atoms with E-state index >= 15 is 0 Å². The van der Waals surface area contributed by atoms with Crippen molar-refractivity contribution in [2.75, 3.05) is 0 Å². The zero-order valence-corrected chi connectivity index (χ0v) is 7.76. The molecule has 0 bridgehead atoms. The summed E-state index contributed by atoms with van der Waals surface area (Å²) in [5, 5.41) is 0. The molecule has 1 unspecified atom stereocenters. The lowest BCUT2D eigenvalue weighted by atomic mass is 9.99. The molecule has 1 atom stereocenters. The molecule has 1 aromatic rings. The molecule has 0 N–H and O–H groups in total. The molecule has 0 fully saturated rings. The third-order valence-electron chi connectivity index (χ3n) is 1.91. The Morgan fingerprint density at radius 2 is 2.25 bits per heavy atom. The van der Waals surface area contributed by atoms with Crippen molar-refractivity contribution in [3.05, 3.63) is 29.6 Å². The van der Waals surface area contributed by atoms with Gasteiger partial charge in [0, 0.05) is 18.3 Å². The van der Waals surface area contributed by atoms with Crippen LogP contribution in [-0.4, -0.2) is 4.98 Å². The number of hydrogen-bond acceptors (Lipinski definition) is 1. The van der Waals surface area contributed by atoms with Crippen molar-refractivity contribution in [2.24, 2.45) is 0 Å². The van der Waals surface area contributed by atoms with Crippen LogP contribution < -0.4 is 0 Å². The standard InChI is InChI=1S/C11H13N/c1-4-5-9(2)11-8-12-7-6-10(11)3/h6-9H,1-3H3. The number of rotatable bonds is 1. The first kappa shape index (κ1) is 8.80. The van der Waals surface area contributed by atoms with Gasteiger partial charge in [-0.05, 0) is 38.0 Å². The number of aromatic nitrogens is 1. The van der Waals surface area contributed by atoms with E-state index in [1.54, 1.807) is 0 Å². The molecule has 0 aliphatic carbocycles. The van der Waals surface area contributed by atoms with Crippen LogP contribution in [0.15, 0.2) is 18.5 Å². The van der Waals surface area contributed by atoms with Gasteiger partial charge in [-0.25, -0.2) is 0 Å². The lowest BCUT2D eigenvalue weighted by Crippen LogP contribution is -1.94. The molecule has 0 amide bonds. The first-order valence-electron chi connectivity index (χ1n) is 4.08. The summed E-state index contributed by atoms with van der Waals surface area (Å²) in [7, 11) is 0. The maximum Gasteiger partial charge on any atom is 0.0441 e. The molecule has 12 heavy (non-hydrogen) atoms. The Hall–Kier alpha value is -1.29. The molecule has 1 rings (SSSR count). The summed E-state index contributed by atoms with van der Waals surface area (Å²) in [5.74, 6) is 6.32. The summed E-state index contributed by atoms with van der Waals surface area (Å²) in [5.41, 5.74) is 2.49. The first-order valence-corrected chi connectivity index (χ1v) is 4.08. The third kappa shape index (κ3) is 1.85. The van der Waals surface area contributed by atoms with E-state index in [9.17, 15) is 0 Å². The second kappa shape index (κ2) is 3.92. The van der Waals surface area contributed by atoms with E-state index in [2.05, 4.69) is 30.7 Å². The molecular formula is C11H13N. The molecule has 0 saturated heterocycles. The molecule has 62 valence electrons. The smallest absolute Gasteiger partial charge is 0.0441 e. The lowest BCUT2D eigenvalue weighted by molar-refractivity contribution is 0.968. The van der Waals surface area contributed by atoms with E-state index in [-0.39, 0.29) is 0 Å². The number of aryl methyl sites for hydroxylation is 1. The van der Waals surface area contributed by atoms with Crippen LogP contribution in [0.1, 0.15) is 30.9 Å². The van der Waals surface area contributed by atoms with E-state index in [1.807, 2.05) is 25.4 Å². The van der Waals surface area contributed by atoms with Gasteiger partial charge in [0.2, 0.25) is 0 Å². The average Bonchev–Trinajstić information content (AvgIpc) is 2.05. The van der Waals surface area contributed by atoms with Gasteiger partial charge in [0.15, 0.2) is 0 Å². The summed E-state index contributed by atoms with van der Waals surface area (Å²) in [6.45, 7) is 6.05. The van der Waals surface area contributed by atoms with Crippen molar-refractivity contribution >= 4 is 0 Å². The Labute approximate surface area is 73.8 Å². The van der Waals surface area contributed by atoms with Crippen LogP contribution >= 0.6 is 0 Å².